The zero-order valence-corrected chi connectivity index (χ0v) is 17.3. The number of halogens is 1. The standard InChI is InChI=1S/C19H26N3O2.HI/c1-4-7-11-21-14-15-16(22-12-9-8-10-18(22)20-15)13-17(21)19(23-5-2)24-6-3;/h8-10,12-14,19H,4-7,11H2,1-3H3;1H/q+1;/p-1. The third kappa shape index (κ3) is 4.30. The number of pyridine rings is 2. The molecule has 3 rings (SSSR count). The molecule has 0 bridgehead atoms. The molecule has 0 unspecified atom stereocenters. The van der Waals surface area contributed by atoms with Crippen molar-refractivity contribution in [2.75, 3.05) is 13.2 Å². The Morgan fingerprint density at radius 2 is 1.92 bits per heavy atom. The van der Waals surface area contributed by atoms with Gasteiger partial charge in [0.05, 0.1) is 5.52 Å². The number of unbranched alkanes of at least 4 members (excludes halogenated alkanes) is 1. The van der Waals surface area contributed by atoms with E-state index in [0.29, 0.717) is 13.2 Å². The SMILES string of the molecule is CCCC[n+]1cc2nc3ccccn3c2cc1C(OCC)OCC.[I-]. The number of nitrogens with zero attached hydrogens (tertiary/aromatic N) is 3. The molecule has 0 spiro atoms. The van der Waals surface area contributed by atoms with Crippen LogP contribution < -0.4 is 28.5 Å². The number of rotatable bonds is 8. The van der Waals surface area contributed by atoms with Crippen molar-refractivity contribution >= 4 is 16.7 Å². The average molecular weight is 455 g/mol. The maximum absolute atomic E-state index is 5.85. The van der Waals surface area contributed by atoms with Crippen molar-refractivity contribution in [2.24, 2.45) is 0 Å². The Morgan fingerprint density at radius 3 is 2.60 bits per heavy atom. The normalized spacial score (nSPS) is 11.4. The molecule has 0 atom stereocenters. The van der Waals surface area contributed by atoms with Gasteiger partial charge in [-0.05, 0) is 26.0 Å². The van der Waals surface area contributed by atoms with E-state index in [4.69, 9.17) is 14.5 Å². The van der Waals surface area contributed by atoms with Crippen LogP contribution in [-0.2, 0) is 16.0 Å². The molecule has 3 aromatic rings. The number of hydrogen-bond acceptors (Lipinski definition) is 3. The van der Waals surface area contributed by atoms with Gasteiger partial charge in [-0.3, -0.25) is 4.40 Å². The molecular weight excluding hydrogens is 429 g/mol. The van der Waals surface area contributed by atoms with Crippen LogP contribution in [0.15, 0.2) is 36.7 Å². The molecule has 0 amide bonds. The maximum Gasteiger partial charge on any atom is 0.245 e. The van der Waals surface area contributed by atoms with Gasteiger partial charge in [-0.25, -0.2) is 4.98 Å². The first-order valence-corrected chi connectivity index (χ1v) is 8.81. The van der Waals surface area contributed by atoms with Crippen molar-refractivity contribution in [2.45, 2.75) is 46.4 Å². The molecule has 5 nitrogen and oxygen atoms in total. The van der Waals surface area contributed by atoms with E-state index >= 15 is 0 Å². The van der Waals surface area contributed by atoms with Crippen LogP contribution in [0.5, 0.6) is 0 Å². The molecule has 3 heterocycles. The van der Waals surface area contributed by atoms with Gasteiger partial charge in [0, 0.05) is 31.9 Å². The zero-order chi connectivity index (χ0) is 16.9. The second-order valence-electron chi connectivity index (χ2n) is 5.80. The molecule has 0 aliphatic rings. The van der Waals surface area contributed by atoms with E-state index in [-0.39, 0.29) is 30.3 Å². The van der Waals surface area contributed by atoms with Crippen LogP contribution in [0.3, 0.4) is 0 Å². The topological polar surface area (TPSA) is 39.6 Å². The van der Waals surface area contributed by atoms with Crippen LogP contribution in [0.1, 0.15) is 45.6 Å². The third-order valence-electron chi connectivity index (χ3n) is 4.12. The van der Waals surface area contributed by atoms with E-state index < -0.39 is 0 Å². The first-order chi connectivity index (χ1) is 11.8. The van der Waals surface area contributed by atoms with Crippen LogP contribution in [0.25, 0.3) is 16.7 Å². The Balaban J connectivity index is 0.00000225. The Kier molecular flexibility index (Phi) is 7.58. The summed E-state index contributed by atoms with van der Waals surface area (Å²) in [7, 11) is 0. The van der Waals surface area contributed by atoms with E-state index in [2.05, 4.69) is 28.2 Å². The van der Waals surface area contributed by atoms with Crippen LogP contribution in [-0.4, -0.2) is 22.6 Å². The van der Waals surface area contributed by atoms with Gasteiger partial charge in [0.1, 0.15) is 12.2 Å². The number of imidazole rings is 1. The van der Waals surface area contributed by atoms with E-state index in [0.717, 1.165) is 41.8 Å². The lowest BCUT2D eigenvalue weighted by Gasteiger charge is -2.16. The van der Waals surface area contributed by atoms with Gasteiger partial charge >= 0.3 is 0 Å². The molecule has 0 radical (unpaired) electrons. The summed E-state index contributed by atoms with van der Waals surface area (Å²) in [5, 5.41) is 0. The molecular formula is C19H26IN3O2. The Hall–Kier alpha value is -1.25. The predicted octanol–water partition coefficient (Wildman–Crippen LogP) is 0.651. The maximum atomic E-state index is 5.85. The molecule has 136 valence electrons. The van der Waals surface area contributed by atoms with Gasteiger partial charge in [0.2, 0.25) is 12.0 Å². The highest BCUT2D eigenvalue weighted by molar-refractivity contribution is 5.79. The lowest BCUT2D eigenvalue weighted by Crippen LogP contribution is -3.00. The molecule has 0 N–H and O–H groups in total. The Labute approximate surface area is 166 Å². The molecule has 0 aromatic carbocycles. The van der Waals surface area contributed by atoms with Crippen molar-refractivity contribution in [3.8, 4) is 0 Å². The molecule has 0 saturated carbocycles. The van der Waals surface area contributed by atoms with Gasteiger partial charge in [0.15, 0.2) is 11.7 Å². The largest absolute Gasteiger partial charge is 1.00 e. The number of aryl methyl sites for hydroxylation is 1. The third-order valence-corrected chi connectivity index (χ3v) is 4.12. The molecule has 3 aromatic heterocycles. The highest BCUT2D eigenvalue weighted by atomic mass is 127. The number of ether oxygens (including phenoxy) is 2. The van der Waals surface area contributed by atoms with Crippen molar-refractivity contribution in [3.63, 3.8) is 0 Å². The highest BCUT2D eigenvalue weighted by Crippen LogP contribution is 2.22. The summed E-state index contributed by atoms with van der Waals surface area (Å²) in [6, 6.07) is 8.21. The fraction of sp³-hybridized carbons (Fsp3) is 0.474. The summed E-state index contributed by atoms with van der Waals surface area (Å²) < 4.78 is 16.0. The fourth-order valence-electron chi connectivity index (χ4n) is 2.96. The van der Waals surface area contributed by atoms with Crippen LogP contribution >= 0.6 is 0 Å². The van der Waals surface area contributed by atoms with E-state index in [1.807, 2.05) is 38.2 Å². The number of fused-ring (bicyclic) bond motifs is 3. The molecule has 0 aliphatic carbocycles. The molecule has 0 fully saturated rings. The van der Waals surface area contributed by atoms with Crippen LogP contribution in [0.4, 0.5) is 0 Å². The zero-order valence-electron chi connectivity index (χ0n) is 15.1. The van der Waals surface area contributed by atoms with E-state index in [9.17, 15) is 0 Å². The van der Waals surface area contributed by atoms with E-state index in [1.165, 1.54) is 0 Å². The second kappa shape index (κ2) is 9.45. The smallest absolute Gasteiger partial charge is 0.245 e. The van der Waals surface area contributed by atoms with Crippen LogP contribution in [0, 0.1) is 0 Å². The summed E-state index contributed by atoms with van der Waals surface area (Å²) in [6.45, 7) is 8.36. The summed E-state index contributed by atoms with van der Waals surface area (Å²) >= 11 is 0. The molecule has 0 aliphatic heterocycles. The number of aromatic nitrogens is 3. The van der Waals surface area contributed by atoms with Gasteiger partial charge < -0.3 is 33.5 Å². The summed E-state index contributed by atoms with van der Waals surface area (Å²) in [5.41, 5.74) is 4.08. The first kappa shape index (κ1) is 20.1. The fourth-order valence-corrected chi connectivity index (χ4v) is 2.96. The Bertz CT molecular complexity index is 813. The van der Waals surface area contributed by atoms with Gasteiger partial charge in [-0.15, -0.1) is 0 Å². The van der Waals surface area contributed by atoms with Crippen molar-refractivity contribution in [1.29, 1.82) is 0 Å². The first-order valence-electron chi connectivity index (χ1n) is 8.81. The van der Waals surface area contributed by atoms with E-state index in [1.54, 1.807) is 0 Å². The summed E-state index contributed by atoms with van der Waals surface area (Å²) in [4.78, 5) is 4.74. The minimum atomic E-state index is -0.351. The van der Waals surface area contributed by atoms with Crippen LogP contribution in [0.2, 0.25) is 0 Å². The number of hydrogen-bond donors (Lipinski definition) is 0. The highest BCUT2D eigenvalue weighted by Gasteiger charge is 2.25. The summed E-state index contributed by atoms with van der Waals surface area (Å²) in [5.74, 6) is 0. The van der Waals surface area contributed by atoms with Crippen molar-refractivity contribution in [1.82, 2.24) is 9.38 Å². The van der Waals surface area contributed by atoms with Gasteiger partial charge in [0.25, 0.3) is 0 Å². The van der Waals surface area contributed by atoms with Crippen molar-refractivity contribution < 1.29 is 38.0 Å². The quantitative estimate of drug-likeness (QED) is 0.285. The monoisotopic (exact) mass is 455 g/mol. The van der Waals surface area contributed by atoms with Gasteiger partial charge in [-0.2, -0.15) is 4.57 Å². The molecule has 6 heteroatoms. The second-order valence-corrected chi connectivity index (χ2v) is 5.80. The lowest BCUT2D eigenvalue weighted by atomic mass is 10.2. The minimum Gasteiger partial charge on any atom is -1.00 e. The summed E-state index contributed by atoms with van der Waals surface area (Å²) in [6.07, 6.45) is 6.07. The Morgan fingerprint density at radius 1 is 1.16 bits per heavy atom. The minimum absolute atomic E-state index is 0. The lowest BCUT2D eigenvalue weighted by molar-refractivity contribution is -0.710. The average Bonchev–Trinajstić information content (AvgIpc) is 2.96. The van der Waals surface area contributed by atoms with Crippen molar-refractivity contribution in [3.05, 3.63) is 42.4 Å². The molecule has 0 saturated heterocycles. The van der Waals surface area contributed by atoms with Gasteiger partial charge in [-0.1, -0.05) is 19.4 Å². The molecule has 25 heavy (non-hydrogen) atoms. The predicted molar refractivity (Wildman–Crippen MR) is 93.8 cm³/mol.